The van der Waals surface area contributed by atoms with Crippen LogP contribution in [-0.2, 0) is 6.42 Å². The van der Waals surface area contributed by atoms with Crippen molar-refractivity contribution in [2.45, 2.75) is 32.6 Å². The molecule has 2 aromatic rings. The Kier molecular flexibility index (Phi) is 5.35. The minimum absolute atomic E-state index is 0.666. The van der Waals surface area contributed by atoms with Gasteiger partial charge >= 0.3 is 0 Å². The van der Waals surface area contributed by atoms with Crippen molar-refractivity contribution in [3.05, 3.63) is 47.3 Å². The second-order valence-corrected chi connectivity index (χ2v) is 4.78. The largest absolute Gasteiger partial charge is 0.494 e. The zero-order valence-corrected chi connectivity index (χ0v) is 11.7. The summed E-state index contributed by atoms with van der Waals surface area (Å²) in [5.41, 5.74) is 1.60. The summed E-state index contributed by atoms with van der Waals surface area (Å²) in [5.74, 6) is 1.76. The Bertz CT molecular complexity index is 531. The highest BCUT2D eigenvalue weighted by molar-refractivity contribution is 5.74. The predicted molar refractivity (Wildman–Crippen MR) is 76.1 cm³/mol. The minimum Gasteiger partial charge on any atom is -0.494 e. The minimum atomic E-state index is 0.666. The predicted octanol–water partition coefficient (Wildman–Crippen LogP) is 3.59. The van der Waals surface area contributed by atoms with E-state index in [0.717, 1.165) is 49.2 Å². The van der Waals surface area contributed by atoms with Gasteiger partial charge in [0.05, 0.1) is 12.3 Å². The Morgan fingerprint density at radius 3 is 2.65 bits per heavy atom. The third-order valence-electron chi connectivity index (χ3n) is 3.03. The van der Waals surface area contributed by atoms with Crippen molar-refractivity contribution in [2.24, 2.45) is 0 Å². The van der Waals surface area contributed by atoms with Crippen LogP contribution in [0, 0.1) is 6.92 Å². The fraction of sp³-hybridized carbons (Fsp3) is 0.375. The van der Waals surface area contributed by atoms with Crippen molar-refractivity contribution in [1.29, 1.82) is 0 Å². The van der Waals surface area contributed by atoms with E-state index in [1.807, 2.05) is 25.1 Å². The number of rotatable bonds is 8. The van der Waals surface area contributed by atoms with Crippen LogP contribution in [0.15, 0.2) is 34.9 Å². The van der Waals surface area contributed by atoms with Gasteiger partial charge in [0.25, 0.3) is 0 Å². The molecule has 0 amide bonds. The van der Waals surface area contributed by atoms with E-state index in [0.29, 0.717) is 12.2 Å². The highest BCUT2D eigenvalue weighted by Crippen LogP contribution is 2.12. The lowest BCUT2D eigenvalue weighted by Crippen LogP contribution is -1.97. The number of carbonyl (C=O) groups is 1. The number of hydrogen-bond donors (Lipinski definition) is 0. The quantitative estimate of drug-likeness (QED) is 0.545. The average molecular weight is 273 g/mol. The van der Waals surface area contributed by atoms with E-state index in [2.05, 4.69) is 5.16 Å². The molecule has 0 radical (unpaired) electrons. The van der Waals surface area contributed by atoms with Crippen molar-refractivity contribution in [2.75, 3.05) is 6.61 Å². The summed E-state index contributed by atoms with van der Waals surface area (Å²) in [5, 5.41) is 3.86. The maximum Gasteiger partial charge on any atom is 0.150 e. The van der Waals surface area contributed by atoms with Gasteiger partial charge in [-0.1, -0.05) is 5.16 Å². The molecule has 4 nitrogen and oxygen atoms in total. The van der Waals surface area contributed by atoms with Crippen LogP contribution in [-0.4, -0.2) is 18.0 Å². The number of carbonyl (C=O) groups excluding carboxylic acids is 1. The molecule has 0 aliphatic rings. The first-order valence-corrected chi connectivity index (χ1v) is 6.88. The molecule has 0 aliphatic heterocycles. The van der Waals surface area contributed by atoms with Gasteiger partial charge in [-0.2, -0.15) is 0 Å². The Labute approximate surface area is 118 Å². The molecule has 0 aliphatic carbocycles. The van der Waals surface area contributed by atoms with Gasteiger partial charge in [-0.15, -0.1) is 0 Å². The highest BCUT2D eigenvalue weighted by Gasteiger charge is 2.00. The van der Waals surface area contributed by atoms with Gasteiger partial charge < -0.3 is 9.26 Å². The summed E-state index contributed by atoms with van der Waals surface area (Å²) < 4.78 is 10.8. The number of hydrogen-bond acceptors (Lipinski definition) is 4. The monoisotopic (exact) mass is 273 g/mol. The summed E-state index contributed by atoms with van der Waals surface area (Å²) in [7, 11) is 0. The molecule has 0 fully saturated rings. The van der Waals surface area contributed by atoms with Gasteiger partial charge in [-0.05, 0) is 50.5 Å². The zero-order chi connectivity index (χ0) is 14.2. The summed E-state index contributed by atoms with van der Waals surface area (Å²) in [4.78, 5) is 10.5. The molecule has 0 bridgehead atoms. The molecule has 1 aromatic carbocycles. The van der Waals surface area contributed by atoms with E-state index in [-0.39, 0.29) is 0 Å². The van der Waals surface area contributed by atoms with E-state index in [1.165, 1.54) is 0 Å². The highest BCUT2D eigenvalue weighted by atomic mass is 16.5. The van der Waals surface area contributed by atoms with Gasteiger partial charge in [0.2, 0.25) is 0 Å². The number of benzene rings is 1. The number of aromatic nitrogens is 1. The molecule has 1 heterocycles. The Balaban J connectivity index is 1.58. The molecule has 1 aromatic heterocycles. The molecule has 0 saturated carbocycles. The topological polar surface area (TPSA) is 52.3 Å². The normalized spacial score (nSPS) is 10.4. The van der Waals surface area contributed by atoms with Crippen molar-refractivity contribution in [1.82, 2.24) is 5.16 Å². The molecule has 0 atom stereocenters. The Morgan fingerprint density at radius 2 is 2.00 bits per heavy atom. The Morgan fingerprint density at radius 1 is 1.20 bits per heavy atom. The Hall–Kier alpha value is -2.10. The van der Waals surface area contributed by atoms with Crippen LogP contribution in [0.4, 0.5) is 0 Å². The van der Waals surface area contributed by atoms with Crippen LogP contribution >= 0.6 is 0 Å². The van der Waals surface area contributed by atoms with Gasteiger partial charge in [-0.25, -0.2) is 0 Å². The van der Waals surface area contributed by atoms with Gasteiger partial charge in [0.15, 0.2) is 0 Å². The average Bonchev–Trinajstić information content (AvgIpc) is 2.89. The lowest BCUT2D eigenvalue weighted by atomic mass is 10.1. The molecule has 0 unspecified atom stereocenters. The third kappa shape index (κ3) is 4.53. The maximum absolute atomic E-state index is 10.5. The van der Waals surface area contributed by atoms with Gasteiger partial charge in [0, 0.05) is 18.1 Å². The number of ether oxygens (including phenoxy) is 1. The van der Waals surface area contributed by atoms with Crippen LogP contribution in [0.2, 0.25) is 0 Å². The molecule has 0 N–H and O–H groups in total. The lowest BCUT2D eigenvalue weighted by molar-refractivity contribution is 0.112. The second-order valence-electron chi connectivity index (χ2n) is 4.78. The summed E-state index contributed by atoms with van der Waals surface area (Å²) >= 11 is 0. The van der Waals surface area contributed by atoms with Crippen LogP contribution in [0.5, 0.6) is 5.75 Å². The van der Waals surface area contributed by atoms with Crippen molar-refractivity contribution in [3.8, 4) is 5.75 Å². The van der Waals surface area contributed by atoms with Crippen LogP contribution < -0.4 is 4.74 Å². The summed E-state index contributed by atoms with van der Waals surface area (Å²) in [6, 6.07) is 9.14. The first kappa shape index (κ1) is 14.3. The number of unbranched alkanes of at least 4 members (excludes halogenated alkanes) is 2. The smallest absolute Gasteiger partial charge is 0.150 e. The molecule has 106 valence electrons. The molecule has 20 heavy (non-hydrogen) atoms. The van der Waals surface area contributed by atoms with Crippen LogP contribution in [0.25, 0.3) is 0 Å². The molecular formula is C16H19NO3. The lowest BCUT2D eigenvalue weighted by Gasteiger charge is -2.05. The fourth-order valence-electron chi connectivity index (χ4n) is 1.94. The van der Waals surface area contributed by atoms with Crippen molar-refractivity contribution in [3.63, 3.8) is 0 Å². The molecular weight excluding hydrogens is 254 g/mol. The maximum atomic E-state index is 10.5. The second kappa shape index (κ2) is 7.48. The van der Waals surface area contributed by atoms with Crippen LogP contribution in [0.3, 0.4) is 0 Å². The summed E-state index contributed by atoms with van der Waals surface area (Å²) in [6.45, 7) is 2.62. The van der Waals surface area contributed by atoms with Gasteiger partial charge in [-0.3, -0.25) is 4.79 Å². The van der Waals surface area contributed by atoms with E-state index in [9.17, 15) is 4.79 Å². The number of aldehydes is 1. The number of nitrogens with zero attached hydrogens (tertiary/aromatic N) is 1. The van der Waals surface area contributed by atoms with E-state index in [4.69, 9.17) is 9.26 Å². The van der Waals surface area contributed by atoms with E-state index >= 15 is 0 Å². The molecule has 0 spiro atoms. The standard InChI is InChI=1S/C16H19NO3/c1-13-11-16(20-17-13)5-3-2-4-10-19-15-8-6-14(12-18)7-9-15/h6-9,11-12H,2-5,10H2,1H3. The molecule has 2 rings (SSSR count). The van der Waals surface area contributed by atoms with Crippen molar-refractivity contribution < 1.29 is 14.1 Å². The fourth-order valence-corrected chi connectivity index (χ4v) is 1.94. The van der Waals surface area contributed by atoms with Crippen LogP contribution in [0.1, 0.15) is 41.1 Å². The molecule has 0 saturated heterocycles. The first-order chi connectivity index (χ1) is 9.78. The molecule has 4 heteroatoms. The van der Waals surface area contributed by atoms with Gasteiger partial charge in [0.1, 0.15) is 17.8 Å². The SMILES string of the molecule is Cc1cc(CCCCCOc2ccc(C=O)cc2)on1. The van der Waals surface area contributed by atoms with E-state index < -0.39 is 0 Å². The third-order valence-corrected chi connectivity index (χ3v) is 3.03. The summed E-state index contributed by atoms with van der Waals surface area (Å²) in [6.07, 6.45) is 4.92. The first-order valence-electron chi connectivity index (χ1n) is 6.88. The zero-order valence-electron chi connectivity index (χ0n) is 11.7. The van der Waals surface area contributed by atoms with Crippen molar-refractivity contribution >= 4 is 6.29 Å². The number of aryl methyl sites for hydroxylation is 2. The van der Waals surface area contributed by atoms with E-state index in [1.54, 1.807) is 12.1 Å².